The van der Waals surface area contributed by atoms with Gasteiger partial charge in [-0.25, -0.2) is 0 Å². The summed E-state index contributed by atoms with van der Waals surface area (Å²) in [6, 6.07) is 6.91. The summed E-state index contributed by atoms with van der Waals surface area (Å²) in [5.74, 6) is 0.145. The van der Waals surface area contributed by atoms with Crippen molar-refractivity contribution in [2.45, 2.75) is 6.92 Å². The Morgan fingerprint density at radius 3 is 2.85 bits per heavy atom. The highest BCUT2D eigenvalue weighted by Gasteiger charge is 2.02. The number of nitrogens with one attached hydrogen (secondary N) is 1. The highest BCUT2D eigenvalue weighted by atomic mass is 16.3. The zero-order chi connectivity index (χ0) is 9.42. The van der Waals surface area contributed by atoms with Gasteiger partial charge >= 0.3 is 0 Å². The molecule has 1 heterocycles. The summed E-state index contributed by atoms with van der Waals surface area (Å²) in [5.41, 5.74) is 1.43. The molecule has 0 atom stereocenters. The van der Waals surface area contributed by atoms with E-state index in [2.05, 4.69) is 4.98 Å². The lowest BCUT2D eigenvalue weighted by molar-refractivity contribution is 0.101. The van der Waals surface area contributed by atoms with Crippen LogP contribution in [0.3, 0.4) is 0 Å². The zero-order valence-electron chi connectivity index (χ0n) is 7.16. The molecule has 0 saturated heterocycles. The maximum atomic E-state index is 11.0. The summed E-state index contributed by atoms with van der Waals surface area (Å²) in [7, 11) is 0. The van der Waals surface area contributed by atoms with E-state index in [0.717, 1.165) is 10.9 Å². The molecular weight excluding hydrogens is 166 g/mol. The number of carbonyl (C=O) groups is 1. The maximum absolute atomic E-state index is 11.0. The molecule has 1 aromatic carbocycles. The van der Waals surface area contributed by atoms with Crippen LogP contribution in [0, 0.1) is 0 Å². The fourth-order valence-corrected chi connectivity index (χ4v) is 1.33. The normalized spacial score (nSPS) is 10.5. The Hall–Kier alpha value is -1.77. The first-order valence-corrected chi connectivity index (χ1v) is 3.99. The van der Waals surface area contributed by atoms with Gasteiger partial charge in [0.25, 0.3) is 0 Å². The molecule has 0 aliphatic rings. The van der Waals surface area contributed by atoms with Crippen molar-refractivity contribution in [3.8, 4) is 5.88 Å². The first-order chi connectivity index (χ1) is 6.16. The van der Waals surface area contributed by atoms with Crippen LogP contribution in [0.1, 0.15) is 17.3 Å². The molecule has 0 fully saturated rings. The van der Waals surface area contributed by atoms with Crippen molar-refractivity contribution in [3.63, 3.8) is 0 Å². The molecule has 3 heteroatoms. The van der Waals surface area contributed by atoms with Crippen LogP contribution in [0.15, 0.2) is 24.3 Å². The van der Waals surface area contributed by atoms with E-state index in [1.54, 1.807) is 18.2 Å². The molecule has 3 nitrogen and oxygen atoms in total. The van der Waals surface area contributed by atoms with Crippen LogP contribution in [0.25, 0.3) is 10.9 Å². The van der Waals surface area contributed by atoms with Crippen LogP contribution in [0.4, 0.5) is 0 Å². The summed E-state index contributed by atoms with van der Waals surface area (Å²) < 4.78 is 0. The second kappa shape index (κ2) is 2.62. The van der Waals surface area contributed by atoms with E-state index in [1.165, 1.54) is 6.92 Å². The van der Waals surface area contributed by atoms with Crippen molar-refractivity contribution < 1.29 is 9.90 Å². The third kappa shape index (κ3) is 1.28. The molecule has 66 valence electrons. The number of benzene rings is 1. The third-order valence-electron chi connectivity index (χ3n) is 2.01. The Morgan fingerprint density at radius 1 is 1.38 bits per heavy atom. The van der Waals surface area contributed by atoms with Crippen LogP contribution in [0.5, 0.6) is 5.88 Å². The van der Waals surface area contributed by atoms with Gasteiger partial charge in [-0.2, -0.15) is 0 Å². The van der Waals surface area contributed by atoms with E-state index in [0.29, 0.717) is 5.56 Å². The quantitative estimate of drug-likeness (QED) is 0.652. The van der Waals surface area contributed by atoms with Crippen molar-refractivity contribution >= 4 is 16.7 Å². The second-order valence-electron chi connectivity index (χ2n) is 3.01. The number of H-pyrrole nitrogens is 1. The predicted molar refractivity (Wildman–Crippen MR) is 50.0 cm³/mol. The molecule has 13 heavy (non-hydrogen) atoms. The minimum atomic E-state index is 0.0241. The van der Waals surface area contributed by atoms with Gasteiger partial charge in [0, 0.05) is 22.5 Å². The monoisotopic (exact) mass is 175 g/mol. The van der Waals surface area contributed by atoms with Gasteiger partial charge in [-0.3, -0.25) is 4.79 Å². The predicted octanol–water partition coefficient (Wildman–Crippen LogP) is 2.08. The van der Waals surface area contributed by atoms with Gasteiger partial charge in [-0.05, 0) is 13.0 Å². The smallest absolute Gasteiger partial charge is 0.189 e. The molecule has 2 aromatic rings. The Kier molecular flexibility index (Phi) is 1.59. The lowest BCUT2D eigenvalue weighted by Crippen LogP contribution is -1.90. The van der Waals surface area contributed by atoms with Crippen molar-refractivity contribution in [1.82, 2.24) is 4.98 Å². The van der Waals surface area contributed by atoms with Crippen LogP contribution in [0.2, 0.25) is 0 Å². The maximum Gasteiger partial charge on any atom is 0.189 e. The van der Waals surface area contributed by atoms with Crippen molar-refractivity contribution in [2.75, 3.05) is 0 Å². The molecule has 2 N–H and O–H groups in total. The minimum absolute atomic E-state index is 0.0241. The molecule has 0 saturated carbocycles. The van der Waals surface area contributed by atoms with Crippen LogP contribution < -0.4 is 0 Å². The van der Waals surface area contributed by atoms with E-state index >= 15 is 0 Å². The Morgan fingerprint density at radius 2 is 2.15 bits per heavy atom. The van der Waals surface area contributed by atoms with E-state index in [1.807, 2.05) is 6.07 Å². The fourth-order valence-electron chi connectivity index (χ4n) is 1.33. The summed E-state index contributed by atoms with van der Waals surface area (Å²) in [4.78, 5) is 13.8. The van der Waals surface area contributed by atoms with Gasteiger partial charge in [0.1, 0.15) is 0 Å². The second-order valence-corrected chi connectivity index (χ2v) is 3.01. The van der Waals surface area contributed by atoms with Gasteiger partial charge in [0.15, 0.2) is 11.7 Å². The molecule has 0 unspecified atom stereocenters. The molecule has 0 amide bonds. The number of carbonyl (C=O) groups excluding carboxylic acids is 1. The number of aromatic amines is 1. The summed E-state index contributed by atoms with van der Waals surface area (Å²) in [6.07, 6.45) is 0. The largest absolute Gasteiger partial charge is 0.495 e. The standard InChI is InChI=1S/C10H9NO2/c1-6(12)7-2-3-8-5-10(13)11-9(8)4-7/h2-5,11,13H,1H3. The Labute approximate surface area is 75.0 Å². The van der Waals surface area contributed by atoms with Gasteiger partial charge in [-0.15, -0.1) is 0 Å². The van der Waals surface area contributed by atoms with Gasteiger partial charge < -0.3 is 10.1 Å². The van der Waals surface area contributed by atoms with Crippen LogP contribution >= 0.6 is 0 Å². The van der Waals surface area contributed by atoms with Gasteiger partial charge in [0.05, 0.1) is 0 Å². The average molecular weight is 175 g/mol. The number of rotatable bonds is 1. The summed E-state index contributed by atoms with van der Waals surface area (Å²) in [5, 5.41) is 10.1. The number of hydrogen-bond donors (Lipinski definition) is 2. The number of hydrogen-bond acceptors (Lipinski definition) is 2. The number of aromatic hydroxyl groups is 1. The van der Waals surface area contributed by atoms with Crippen molar-refractivity contribution in [1.29, 1.82) is 0 Å². The number of fused-ring (bicyclic) bond motifs is 1. The van der Waals surface area contributed by atoms with Gasteiger partial charge in [0.2, 0.25) is 0 Å². The highest BCUT2D eigenvalue weighted by Crippen LogP contribution is 2.20. The molecule has 0 spiro atoms. The number of aromatic nitrogens is 1. The van der Waals surface area contributed by atoms with E-state index in [4.69, 9.17) is 5.11 Å². The van der Waals surface area contributed by atoms with Crippen molar-refractivity contribution in [2.24, 2.45) is 0 Å². The van der Waals surface area contributed by atoms with E-state index in [-0.39, 0.29) is 11.7 Å². The molecular formula is C10H9NO2. The lowest BCUT2D eigenvalue weighted by Gasteiger charge is -1.94. The third-order valence-corrected chi connectivity index (χ3v) is 2.01. The molecule has 0 bridgehead atoms. The molecule has 2 rings (SSSR count). The minimum Gasteiger partial charge on any atom is -0.495 e. The number of ketones is 1. The van der Waals surface area contributed by atoms with Crippen LogP contribution in [-0.4, -0.2) is 15.9 Å². The van der Waals surface area contributed by atoms with E-state index in [9.17, 15) is 4.79 Å². The van der Waals surface area contributed by atoms with Crippen molar-refractivity contribution in [3.05, 3.63) is 29.8 Å². The van der Waals surface area contributed by atoms with Crippen LogP contribution in [-0.2, 0) is 0 Å². The Balaban J connectivity index is 2.67. The average Bonchev–Trinajstić information content (AvgIpc) is 2.42. The lowest BCUT2D eigenvalue weighted by atomic mass is 10.1. The molecule has 0 aliphatic carbocycles. The molecule has 1 aromatic heterocycles. The number of Topliss-reactive ketones (excluding diaryl/α,β-unsaturated/α-hetero) is 1. The molecule has 0 radical (unpaired) electrons. The first kappa shape index (κ1) is 7.86. The zero-order valence-corrected chi connectivity index (χ0v) is 7.16. The topological polar surface area (TPSA) is 53.1 Å². The van der Waals surface area contributed by atoms with Gasteiger partial charge in [-0.1, -0.05) is 12.1 Å². The first-order valence-electron chi connectivity index (χ1n) is 3.99. The fraction of sp³-hybridized carbons (Fsp3) is 0.100. The summed E-state index contributed by atoms with van der Waals surface area (Å²) in [6.45, 7) is 1.52. The SMILES string of the molecule is CC(=O)c1ccc2cc(O)[nH]c2c1. The summed E-state index contributed by atoms with van der Waals surface area (Å²) >= 11 is 0. The highest BCUT2D eigenvalue weighted by molar-refractivity contribution is 5.98. The molecule has 0 aliphatic heterocycles. The Bertz CT molecular complexity index is 471. The van der Waals surface area contributed by atoms with E-state index < -0.39 is 0 Å².